The number of aliphatic hydroxyl groups is 1. The molecule has 0 saturated heterocycles. The first kappa shape index (κ1) is 17.6. The van der Waals surface area contributed by atoms with Crippen molar-refractivity contribution < 1.29 is 9.84 Å². The van der Waals surface area contributed by atoms with E-state index in [-0.39, 0.29) is 6.04 Å². The smallest absolute Gasteiger partial charge is 0.110 e. The molecule has 20 heavy (non-hydrogen) atoms. The van der Waals surface area contributed by atoms with Gasteiger partial charge in [0.25, 0.3) is 0 Å². The molecular weight excluding hydrogens is 272 g/mol. The SMILES string of the molecule is Cc1csc(C(C)NCC(O)COCCCC(C)C)n1. The summed E-state index contributed by atoms with van der Waals surface area (Å²) in [6.45, 7) is 10.1. The number of rotatable bonds is 10. The van der Waals surface area contributed by atoms with Crippen molar-refractivity contribution in [1.29, 1.82) is 0 Å². The Morgan fingerprint density at radius 2 is 2.15 bits per heavy atom. The Bertz CT molecular complexity index is 369. The molecule has 0 bridgehead atoms. The lowest BCUT2D eigenvalue weighted by Gasteiger charge is -2.16. The number of nitrogens with one attached hydrogen (secondary N) is 1. The second kappa shape index (κ2) is 9.45. The number of thiazole rings is 1. The molecule has 1 aromatic heterocycles. The van der Waals surface area contributed by atoms with E-state index < -0.39 is 6.10 Å². The summed E-state index contributed by atoms with van der Waals surface area (Å²) < 4.78 is 5.48. The Hall–Kier alpha value is -0.490. The zero-order chi connectivity index (χ0) is 15.0. The molecule has 116 valence electrons. The minimum atomic E-state index is -0.461. The summed E-state index contributed by atoms with van der Waals surface area (Å²) in [6.07, 6.45) is 1.78. The minimum absolute atomic E-state index is 0.171. The lowest BCUT2D eigenvalue weighted by atomic mass is 10.1. The molecule has 0 aliphatic heterocycles. The summed E-state index contributed by atoms with van der Waals surface area (Å²) in [5.41, 5.74) is 1.05. The summed E-state index contributed by atoms with van der Waals surface area (Å²) >= 11 is 1.65. The van der Waals surface area contributed by atoms with Crippen LogP contribution in [0.15, 0.2) is 5.38 Å². The molecule has 0 aromatic carbocycles. The summed E-state index contributed by atoms with van der Waals surface area (Å²) in [6, 6.07) is 0.171. The van der Waals surface area contributed by atoms with Gasteiger partial charge in [0.2, 0.25) is 0 Å². The van der Waals surface area contributed by atoms with Gasteiger partial charge in [0.15, 0.2) is 0 Å². The highest BCUT2D eigenvalue weighted by Gasteiger charge is 2.11. The first-order valence-corrected chi connectivity index (χ1v) is 8.28. The van der Waals surface area contributed by atoms with Gasteiger partial charge in [-0.2, -0.15) is 0 Å². The van der Waals surface area contributed by atoms with Crippen LogP contribution < -0.4 is 5.32 Å². The number of aromatic nitrogens is 1. The minimum Gasteiger partial charge on any atom is -0.389 e. The molecule has 0 spiro atoms. The molecule has 0 amide bonds. The largest absolute Gasteiger partial charge is 0.389 e. The Balaban J connectivity index is 2.09. The van der Waals surface area contributed by atoms with Crippen LogP contribution >= 0.6 is 11.3 Å². The van der Waals surface area contributed by atoms with Gasteiger partial charge in [-0.3, -0.25) is 0 Å². The molecule has 2 N–H and O–H groups in total. The van der Waals surface area contributed by atoms with E-state index in [0.29, 0.717) is 19.1 Å². The van der Waals surface area contributed by atoms with Crippen molar-refractivity contribution >= 4 is 11.3 Å². The first-order valence-electron chi connectivity index (χ1n) is 7.40. The fourth-order valence-corrected chi connectivity index (χ4v) is 2.67. The predicted octanol–water partition coefficient (Wildman–Crippen LogP) is 2.92. The second-order valence-corrected chi connectivity index (χ2v) is 6.61. The van der Waals surface area contributed by atoms with Crippen LogP contribution in [0.1, 0.15) is 50.4 Å². The number of hydrogen-bond donors (Lipinski definition) is 2. The van der Waals surface area contributed by atoms with Crippen molar-refractivity contribution in [3.63, 3.8) is 0 Å². The maximum absolute atomic E-state index is 9.85. The van der Waals surface area contributed by atoms with Crippen LogP contribution in [0.25, 0.3) is 0 Å². The fourth-order valence-electron chi connectivity index (χ4n) is 1.84. The molecule has 0 aliphatic rings. The Morgan fingerprint density at radius 1 is 1.40 bits per heavy atom. The van der Waals surface area contributed by atoms with E-state index in [4.69, 9.17) is 4.74 Å². The monoisotopic (exact) mass is 300 g/mol. The molecular formula is C15H28N2O2S. The molecule has 1 heterocycles. The molecule has 0 fully saturated rings. The van der Waals surface area contributed by atoms with E-state index in [9.17, 15) is 5.11 Å². The van der Waals surface area contributed by atoms with Crippen LogP contribution in [0.2, 0.25) is 0 Å². The van der Waals surface area contributed by atoms with Gasteiger partial charge in [0.05, 0.1) is 18.8 Å². The third kappa shape index (κ3) is 7.33. The summed E-state index contributed by atoms with van der Waals surface area (Å²) in [5.74, 6) is 0.716. The molecule has 0 radical (unpaired) electrons. The quantitative estimate of drug-likeness (QED) is 0.652. The van der Waals surface area contributed by atoms with Crippen LogP contribution in [0.4, 0.5) is 0 Å². The third-order valence-electron chi connectivity index (χ3n) is 3.05. The van der Waals surface area contributed by atoms with E-state index >= 15 is 0 Å². The summed E-state index contributed by atoms with van der Waals surface area (Å²) in [5, 5.41) is 16.2. The zero-order valence-corrected chi connectivity index (χ0v) is 13.9. The van der Waals surface area contributed by atoms with Crippen molar-refractivity contribution in [2.45, 2.75) is 52.7 Å². The fraction of sp³-hybridized carbons (Fsp3) is 0.800. The van der Waals surface area contributed by atoms with Crippen molar-refractivity contribution in [2.24, 2.45) is 5.92 Å². The van der Waals surface area contributed by atoms with Gasteiger partial charge < -0.3 is 15.2 Å². The molecule has 1 rings (SSSR count). The van der Waals surface area contributed by atoms with Gasteiger partial charge in [-0.1, -0.05) is 13.8 Å². The van der Waals surface area contributed by atoms with Gasteiger partial charge in [-0.15, -0.1) is 11.3 Å². The van der Waals surface area contributed by atoms with Crippen LogP contribution in [0.3, 0.4) is 0 Å². The maximum Gasteiger partial charge on any atom is 0.110 e. The molecule has 2 atom stereocenters. The third-order valence-corrected chi connectivity index (χ3v) is 4.19. The molecule has 1 aromatic rings. The Labute approximate surface area is 126 Å². The number of hydrogen-bond acceptors (Lipinski definition) is 5. The highest BCUT2D eigenvalue weighted by atomic mass is 32.1. The Morgan fingerprint density at radius 3 is 2.75 bits per heavy atom. The molecule has 5 heteroatoms. The highest BCUT2D eigenvalue weighted by Crippen LogP contribution is 2.17. The van der Waals surface area contributed by atoms with Gasteiger partial charge >= 0.3 is 0 Å². The average Bonchev–Trinajstić information content (AvgIpc) is 2.82. The van der Waals surface area contributed by atoms with E-state index in [1.807, 2.05) is 12.3 Å². The Kier molecular flexibility index (Phi) is 8.30. The molecule has 2 unspecified atom stereocenters. The highest BCUT2D eigenvalue weighted by molar-refractivity contribution is 7.09. The summed E-state index contributed by atoms with van der Waals surface area (Å²) in [4.78, 5) is 4.43. The second-order valence-electron chi connectivity index (χ2n) is 5.72. The normalized spacial score (nSPS) is 14.7. The summed E-state index contributed by atoms with van der Waals surface area (Å²) in [7, 11) is 0. The zero-order valence-electron chi connectivity index (χ0n) is 13.1. The van der Waals surface area contributed by atoms with Crippen molar-refractivity contribution in [3.8, 4) is 0 Å². The maximum atomic E-state index is 9.85. The van der Waals surface area contributed by atoms with Crippen LogP contribution in [0.5, 0.6) is 0 Å². The van der Waals surface area contributed by atoms with E-state index in [1.54, 1.807) is 11.3 Å². The lowest BCUT2D eigenvalue weighted by molar-refractivity contribution is 0.0337. The topological polar surface area (TPSA) is 54.4 Å². The van der Waals surface area contributed by atoms with Gasteiger partial charge in [-0.25, -0.2) is 4.98 Å². The number of aryl methyl sites for hydroxylation is 1. The molecule has 0 aliphatic carbocycles. The van der Waals surface area contributed by atoms with Crippen molar-refractivity contribution in [3.05, 3.63) is 16.1 Å². The average molecular weight is 300 g/mol. The van der Waals surface area contributed by atoms with E-state index in [2.05, 4.69) is 31.1 Å². The molecule has 0 saturated carbocycles. The standard InChI is InChI=1S/C15H28N2O2S/c1-11(2)6-5-7-19-9-14(18)8-16-13(4)15-17-12(3)10-20-15/h10-11,13-14,16,18H,5-9H2,1-4H3. The van der Waals surface area contributed by atoms with Crippen LogP contribution in [0, 0.1) is 12.8 Å². The first-order chi connectivity index (χ1) is 9.49. The van der Waals surface area contributed by atoms with Crippen molar-refractivity contribution in [2.75, 3.05) is 19.8 Å². The number of aliphatic hydroxyl groups excluding tert-OH is 1. The number of nitrogens with zero attached hydrogens (tertiary/aromatic N) is 1. The lowest BCUT2D eigenvalue weighted by Crippen LogP contribution is -2.32. The van der Waals surface area contributed by atoms with Gasteiger partial charge in [0, 0.05) is 24.2 Å². The van der Waals surface area contributed by atoms with Gasteiger partial charge in [0.1, 0.15) is 5.01 Å². The van der Waals surface area contributed by atoms with E-state index in [0.717, 1.165) is 23.7 Å². The van der Waals surface area contributed by atoms with Crippen LogP contribution in [-0.4, -0.2) is 36.0 Å². The van der Waals surface area contributed by atoms with Crippen LogP contribution in [-0.2, 0) is 4.74 Å². The van der Waals surface area contributed by atoms with E-state index in [1.165, 1.54) is 6.42 Å². The van der Waals surface area contributed by atoms with Crippen molar-refractivity contribution in [1.82, 2.24) is 10.3 Å². The predicted molar refractivity (Wildman–Crippen MR) is 84.2 cm³/mol. The molecule has 4 nitrogen and oxygen atoms in total. The number of ether oxygens (including phenoxy) is 1. The van der Waals surface area contributed by atoms with Gasteiger partial charge in [-0.05, 0) is 32.6 Å².